The van der Waals surface area contributed by atoms with Crippen LogP contribution >= 0.6 is 0 Å². The summed E-state index contributed by atoms with van der Waals surface area (Å²) < 4.78 is 5.35. The van der Waals surface area contributed by atoms with Gasteiger partial charge >= 0.3 is 0 Å². The normalized spacial score (nSPS) is 22.6. The highest BCUT2D eigenvalue weighted by molar-refractivity contribution is 5.96. The Bertz CT molecular complexity index is 965. The predicted molar refractivity (Wildman–Crippen MR) is 127 cm³/mol. The van der Waals surface area contributed by atoms with Crippen molar-refractivity contribution in [3.05, 3.63) is 71.0 Å². The van der Waals surface area contributed by atoms with Crippen LogP contribution in [0.4, 0.5) is 0 Å². The molecule has 31 heavy (non-hydrogen) atoms. The second-order valence-electron chi connectivity index (χ2n) is 9.00. The maximum absolute atomic E-state index is 13.1. The molecule has 0 spiro atoms. The van der Waals surface area contributed by atoms with Crippen LogP contribution in [0.2, 0.25) is 0 Å². The summed E-state index contributed by atoms with van der Waals surface area (Å²) in [5.74, 6) is 0.884. The fraction of sp³-hybridized carbons (Fsp3) is 0.444. The van der Waals surface area contributed by atoms with Crippen LogP contribution in [0.25, 0.3) is 5.57 Å². The molecule has 1 saturated carbocycles. The molecule has 1 aliphatic carbocycles. The Morgan fingerprint density at radius 3 is 2.68 bits per heavy atom. The summed E-state index contributed by atoms with van der Waals surface area (Å²) in [6, 6.07) is 6.88. The van der Waals surface area contributed by atoms with Crippen molar-refractivity contribution in [1.29, 1.82) is 0 Å². The van der Waals surface area contributed by atoms with Gasteiger partial charge in [-0.15, -0.1) is 0 Å². The number of nitrogens with zero attached hydrogens (tertiary/aromatic N) is 2. The van der Waals surface area contributed by atoms with E-state index in [9.17, 15) is 4.79 Å². The number of benzene rings is 1. The average Bonchev–Trinajstić information content (AvgIpc) is 2.73. The van der Waals surface area contributed by atoms with Crippen LogP contribution in [0.15, 0.2) is 59.8 Å². The van der Waals surface area contributed by atoms with Gasteiger partial charge in [-0.2, -0.15) is 0 Å². The largest absolute Gasteiger partial charge is 0.496 e. The summed E-state index contributed by atoms with van der Waals surface area (Å²) >= 11 is 0. The maximum Gasteiger partial charge on any atom is 0.251 e. The summed E-state index contributed by atoms with van der Waals surface area (Å²) in [5, 5.41) is 0. The molecule has 3 aliphatic rings. The van der Waals surface area contributed by atoms with Crippen molar-refractivity contribution in [3.8, 4) is 5.75 Å². The first-order valence-electron chi connectivity index (χ1n) is 11.5. The minimum absolute atomic E-state index is 0.0211. The number of ether oxygens (including phenoxy) is 1. The SMILES string of the molecule is COc1ccc(/C(C)=C/C(=O)N2C=C(C3=CCN(C4CCC4)CC3)C=CC2C)cc1C. The number of allylic oxidation sites excluding steroid dienone is 3. The summed E-state index contributed by atoms with van der Waals surface area (Å²) in [4.78, 5) is 17.6. The van der Waals surface area contributed by atoms with Crippen molar-refractivity contribution in [2.75, 3.05) is 20.2 Å². The highest BCUT2D eigenvalue weighted by Gasteiger charge is 2.27. The highest BCUT2D eigenvalue weighted by atomic mass is 16.5. The van der Waals surface area contributed by atoms with Gasteiger partial charge in [-0.25, -0.2) is 0 Å². The molecule has 0 radical (unpaired) electrons. The third-order valence-electron chi connectivity index (χ3n) is 6.92. The van der Waals surface area contributed by atoms with E-state index in [0.717, 1.165) is 48.0 Å². The van der Waals surface area contributed by atoms with Gasteiger partial charge in [0.05, 0.1) is 13.2 Å². The summed E-state index contributed by atoms with van der Waals surface area (Å²) in [6.07, 6.45) is 15.6. The molecule has 1 amide bonds. The van der Waals surface area contributed by atoms with Crippen molar-refractivity contribution >= 4 is 11.5 Å². The van der Waals surface area contributed by atoms with E-state index in [-0.39, 0.29) is 11.9 Å². The molecular formula is C27H34N2O2. The van der Waals surface area contributed by atoms with Gasteiger partial charge in [0.15, 0.2) is 0 Å². The Morgan fingerprint density at radius 2 is 2.06 bits per heavy atom. The lowest BCUT2D eigenvalue weighted by atomic mass is 9.89. The lowest BCUT2D eigenvalue weighted by molar-refractivity contribution is -0.124. The van der Waals surface area contributed by atoms with Crippen LogP contribution < -0.4 is 4.74 Å². The minimum atomic E-state index is 0.0211. The van der Waals surface area contributed by atoms with Crippen LogP contribution in [-0.2, 0) is 4.79 Å². The van der Waals surface area contributed by atoms with Crippen molar-refractivity contribution in [3.63, 3.8) is 0 Å². The van der Waals surface area contributed by atoms with E-state index < -0.39 is 0 Å². The van der Waals surface area contributed by atoms with Crippen LogP contribution in [0.5, 0.6) is 5.75 Å². The van der Waals surface area contributed by atoms with Gasteiger partial charge < -0.3 is 9.64 Å². The molecule has 1 aromatic rings. The Morgan fingerprint density at radius 1 is 1.26 bits per heavy atom. The molecule has 0 aromatic heterocycles. The molecule has 1 fully saturated rings. The topological polar surface area (TPSA) is 32.8 Å². The molecule has 0 saturated heterocycles. The second-order valence-corrected chi connectivity index (χ2v) is 9.00. The van der Waals surface area contributed by atoms with Crippen molar-refractivity contribution in [2.45, 2.75) is 58.5 Å². The third-order valence-corrected chi connectivity index (χ3v) is 6.92. The quantitative estimate of drug-likeness (QED) is 0.611. The van der Waals surface area contributed by atoms with E-state index in [1.165, 1.54) is 30.4 Å². The first-order valence-corrected chi connectivity index (χ1v) is 11.5. The maximum atomic E-state index is 13.1. The molecule has 1 unspecified atom stereocenters. The Balaban J connectivity index is 1.48. The zero-order valence-corrected chi connectivity index (χ0v) is 19.2. The summed E-state index contributed by atoms with van der Waals surface area (Å²) in [6.45, 7) is 8.24. The van der Waals surface area contributed by atoms with Gasteiger partial charge in [0.2, 0.25) is 0 Å². The number of carbonyl (C=O) groups is 1. The van der Waals surface area contributed by atoms with E-state index in [1.807, 2.05) is 37.1 Å². The first-order chi connectivity index (χ1) is 15.0. The van der Waals surface area contributed by atoms with Gasteiger partial charge in [-0.1, -0.05) is 30.7 Å². The van der Waals surface area contributed by atoms with Crippen LogP contribution in [0.3, 0.4) is 0 Å². The van der Waals surface area contributed by atoms with E-state index in [0.29, 0.717) is 0 Å². The van der Waals surface area contributed by atoms with Crippen LogP contribution in [0, 0.1) is 6.92 Å². The number of amides is 1. The van der Waals surface area contributed by atoms with E-state index in [2.05, 4.69) is 36.1 Å². The molecule has 2 aliphatic heterocycles. The van der Waals surface area contributed by atoms with Crippen LogP contribution in [-0.4, -0.2) is 48.0 Å². The fourth-order valence-corrected chi connectivity index (χ4v) is 4.60. The molecule has 4 nitrogen and oxygen atoms in total. The second kappa shape index (κ2) is 9.27. The van der Waals surface area contributed by atoms with Crippen LogP contribution in [0.1, 0.15) is 50.7 Å². The molecular weight excluding hydrogens is 384 g/mol. The monoisotopic (exact) mass is 418 g/mol. The Hall–Kier alpha value is -2.59. The van der Waals surface area contributed by atoms with E-state index >= 15 is 0 Å². The molecule has 0 N–H and O–H groups in total. The number of hydrogen-bond donors (Lipinski definition) is 0. The number of hydrogen-bond acceptors (Lipinski definition) is 3. The fourth-order valence-electron chi connectivity index (χ4n) is 4.60. The predicted octanol–water partition coefficient (Wildman–Crippen LogP) is 5.26. The lowest BCUT2D eigenvalue weighted by Gasteiger charge is -2.39. The van der Waals surface area contributed by atoms with Gasteiger partial charge in [0.1, 0.15) is 5.75 Å². The van der Waals surface area contributed by atoms with E-state index in [4.69, 9.17) is 4.74 Å². The Kier molecular flexibility index (Phi) is 6.47. The third kappa shape index (κ3) is 4.69. The van der Waals surface area contributed by atoms with E-state index in [1.54, 1.807) is 13.2 Å². The first kappa shape index (κ1) is 21.6. The number of methoxy groups -OCH3 is 1. The standard InChI is InChI=1S/C27H34N2O2/c1-19(23-10-11-26(31-4)20(2)16-23)17-27(30)29-18-24(9-8-21(29)3)22-12-14-28(15-13-22)25-6-5-7-25/h8-12,16-18,21,25H,5-7,13-15H2,1-4H3/b19-17+. The van der Waals surface area contributed by atoms with Gasteiger partial charge in [-0.05, 0) is 80.0 Å². The molecule has 4 heteroatoms. The Labute approximate surface area is 186 Å². The smallest absolute Gasteiger partial charge is 0.251 e. The number of carbonyl (C=O) groups excluding carboxylic acids is 1. The van der Waals surface area contributed by atoms with Crippen molar-refractivity contribution < 1.29 is 9.53 Å². The molecule has 1 atom stereocenters. The van der Waals surface area contributed by atoms with Gasteiger partial charge in [-0.3, -0.25) is 9.69 Å². The molecule has 0 bridgehead atoms. The molecule has 1 aromatic carbocycles. The van der Waals surface area contributed by atoms with Gasteiger partial charge in [0.25, 0.3) is 5.91 Å². The van der Waals surface area contributed by atoms with Gasteiger partial charge in [0, 0.05) is 31.4 Å². The summed E-state index contributed by atoms with van der Waals surface area (Å²) in [5.41, 5.74) is 5.61. The van der Waals surface area contributed by atoms with Crippen molar-refractivity contribution in [1.82, 2.24) is 9.80 Å². The molecule has 164 valence electrons. The molecule has 2 heterocycles. The summed E-state index contributed by atoms with van der Waals surface area (Å²) in [7, 11) is 1.68. The number of aryl methyl sites for hydroxylation is 1. The van der Waals surface area contributed by atoms with Crippen molar-refractivity contribution in [2.24, 2.45) is 0 Å². The zero-order valence-electron chi connectivity index (χ0n) is 19.2. The minimum Gasteiger partial charge on any atom is -0.496 e. The average molecular weight is 419 g/mol. The molecule has 4 rings (SSSR count). The zero-order chi connectivity index (χ0) is 22.0. The lowest BCUT2D eigenvalue weighted by Crippen LogP contribution is -2.42. The highest BCUT2D eigenvalue weighted by Crippen LogP contribution is 2.30. The number of rotatable bonds is 5.